The van der Waals surface area contributed by atoms with Crippen LogP contribution < -0.4 is 9.64 Å². The highest BCUT2D eigenvalue weighted by Crippen LogP contribution is 2.43. The molecule has 0 fully saturated rings. The van der Waals surface area contributed by atoms with Crippen molar-refractivity contribution in [1.29, 1.82) is 0 Å². The maximum Gasteiger partial charge on any atom is 0.573 e. The van der Waals surface area contributed by atoms with Crippen LogP contribution >= 0.6 is 11.8 Å². The zero-order valence-electron chi connectivity index (χ0n) is 17.2. The number of ether oxygens (including phenoxy) is 1. The fourth-order valence-electron chi connectivity index (χ4n) is 3.74. The van der Waals surface area contributed by atoms with Crippen molar-refractivity contribution in [3.05, 3.63) is 89.5 Å². The fourth-order valence-corrected chi connectivity index (χ4v) is 5.08. The van der Waals surface area contributed by atoms with Crippen LogP contribution in [0.5, 0.6) is 5.75 Å². The summed E-state index contributed by atoms with van der Waals surface area (Å²) in [6.45, 7) is 0.0133. The second-order valence-electron chi connectivity index (χ2n) is 7.53. The molecule has 9 heteroatoms. The average Bonchev–Trinajstić information content (AvgIpc) is 2.77. The number of carbonyl (C=O) groups is 1. The molecule has 0 bridgehead atoms. The molecule has 2 atom stereocenters. The molecule has 0 saturated carbocycles. The third-order valence-corrected chi connectivity index (χ3v) is 6.59. The monoisotopic (exact) mass is 475 g/mol. The van der Waals surface area contributed by atoms with Gasteiger partial charge in [0.1, 0.15) is 12.0 Å². The van der Waals surface area contributed by atoms with E-state index in [1.807, 2.05) is 24.3 Å². The van der Waals surface area contributed by atoms with Crippen molar-refractivity contribution < 1.29 is 32.9 Å². The number of aromatic carboxylic acids is 1. The van der Waals surface area contributed by atoms with Gasteiger partial charge in [-0.05, 0) is 42.3 Å². The van der Waals surface area contributed by atoms with Gasteiger partial charge in [0.2, 0.25) is 0 Å². The molecule has 0 radical (unpaired) electrons. The zero-order chi connectivity index (χ0) is 23.6. The molecular weight excluding hydrogens is 455 g/mol. The molecule has 1 heterocycles. The molecule has 5 nitrogen and oxygen atoms in total. The number of hydrogen-bond acceptors (Lipinski definition) is 5. The van der Waals surface area contributed by atoms with E-state index in [-0.39, 0.29) is 23.1 Å². The summed E-state index contributed by atoms with van der Waals surface area (Å²) in [6, 6.07) is 19.7. The molecular formula is C24H20F3NO4S. The Morgan fingerprint density at radius 3 is 2.36 bits per heavy atom. The standard InChI is InChI=1S/C24H20F3NO4S/c25-24(26,27)32-19-7-3-1-5-17(19)14-28-18-6-2-4-8-20(18)33-21(22(28)29)13-15-9-11-16(12-10-15)23(30)31/h1-12,21-22,29H,13-14H2,(H,30,31). The first kappa shape index (κ1) is 23.0. The highest BCUT2D eigenvalue weighted by atomic mass is 32.2. The number of nitrogens with zero attached hydrogens (tertiary/aromatic N) is 1. The predicted molar refractivity (Wildman–Crippen MR) is 119 cm³/mol. The number of benzene rings is 3. The molecule has 3 aromatic rings. The number of hydrogen-bond donors (Lipinski definition) is 2. The van der Waals surface area contributed by atoms with Gasteiger partial charge >= 0.3 is 12.3 Å². The number of alkyl halides is 3. The molecule has 2 unspecified atom stereocenters. The molecule has 1 aliphatic heterocycles. The predicted octanol–water partition coefficient (Wildman–Crippen LogP) is 5.33. The minimum atomic E-state index is -4.82. The van der Waals surface area contributed by atoms with Crippen molar-refractivity contribution in [2.75, 3.05) is 4.90 Å². The van der Waals surface area contributed by atoms with Gasteiger partial charge in [-0.25, -0.2) is 4.79 Å². The van der Waals surface area contributed by atoms with Crippen LogP contribution in [-0.2, 0) is 13.0 Å². The number of carboxylic acids is 1. The van der Waals surface area contributed by atoms with Crippen molar-refractivity contribution in [2.24, 2.45) is 0 Å². The summed E-state index contributed by atoms with van der Waals surface area (Å²) in [6.07, 6.45) is -5.38. The van der Waals surface area contributed by atoms with Crippen molar-refractivity contribution in [1.82, 2.24) is 0 Å². The summed E-state index contributed by atoms with van der Waals surface area (Å²) in [5, 5.41) is 20.0. The van der Waals surface area contributed by atoms with E-state index >= 15 is 0 Å². The normalized spacial score (nSPS) is 18.0. The number of halogens is 3. The van der Waals surface area contributed by atoms with Crippen molar-refractivity contribution in [3.63, 3.8) is 0 Å². The maximum atomic E-state index is 12.9. The lowest BCUT2D eigenvalue weighted by atomic mass is 10.0. The molecule has 2 N–H and O–H groups in total. The molecule has 1 aliphatic rings. The quantitative estimate of drug-likeness (QED) is 0.503. The number of rotatable bonds is 6. The van der Waals surface area contributed by atoms with Crippen LogP contribution in [0.1, 0.15) is 21.5 Å². The number of aliphatic hydroxyl groups excluding tert-OH is 1. The van der Waals surface area contributed by atoms with E-state index in [2.05, 4.69) is 4.74 Å². The average molecular weight is 475 g/mol. The van der Waals surface area contributed by atoms with E-state index in [9.17, 15) is 23.1 Å². The Kier molecular flexibility index (Phi) is 6.53. The van der Waals surface area contributed by atoms with Gasteiger partial charge in [-0.3, -0.25) is 0 Å². The van der Waals surface area contributed by atoms with Gasteiger partial charge in [0.15, 0.2) is 0 Å². The molecule has 3 aromatic carbocycles. The molecule has 33 heavy (non-hydrogen) atoms. The molecule has 0 spiro atoms. The SMILES string of the molecule is O=C(O)c1ccc(CC2Sc3ccccc3N(Cc3ccccc3OC(F)(F)F)C2O)cc1. The number of thioether (sulfide) groups is 1. The van der Waals surface area contributed by atoms with E-state index in [4.69, 9.17) is 5.11 Å². The van der Waals surface area contributed by atoms with Crippen LogP contribution in [0.25, 0.3) is 0 Å². The summed E-state index contributed by atoms with van der Waals surface area (Å²) in [5.74, 6) is -1.33. The minimum Gasteiger partial charge on any atom is -0.478 e. The van der Waals surface area contributed by atoms with Gasteiger partial charge in [-0.15, -0.1) is 24.9 Å². The second kappa shape index (κ2) is 9.36. The van der Waals surface area contributed by atoms with Gasteiger partial charge < -0.3 is 19.8 Å². The smallest absolute Gasteiger partial charge is 0.478 e. The van der Waals surface area contributed by atoms with E-state index in [0.717, 1.165) is 10.5 Å². The Hall–Kier alpha value is -3.17. The van der Waals surface area contributed by atoms with Gasteiger partial charge in [-0.2, -0.15) is 0 Å². The Morgan fingerprint density at radius 2 is 1.67 bits per heavy atom. The van der Waals surface area contributed by atoms with Crippen LogP contribution in [0.4, 0.5) is 18.9 Å². The van der Waals surface area contributed by atoms with Crippen molar-refractivity contribution >= 4 is 23.4 Å². The Morgan fingerprint density at radius 1 is 1.00 bits per heavy atom. The fraction of sp³-hybridized carbons (Fsp3) is 0.208. The molecule has 0 aliphatic carbocycles. The zero-order valence-corrected chi connectivity index (χ0v) is 18.0. The van der Waals surface area contributed by atoms with Crippen LogP contribution in [0.3, 0.4) is 0 Å². The van der Waals surface area contributed by atoms with Crippen molar-refractivity contribution in [3.8, 4) is 5.75 Å². The second-order valence-corrected chi connectivity index (χ2v) is 8.81. The molecule has 0 amide bonds. The van der Waals surface area contributed by atoms with Gasteiger partial charge in [-0.1, -0.05) is 42.5 Å². The third kappa shape index (κ3) is 5.43. The highest BCUT2D eigenvalue weighted by Gasteiger charge is 2.36. The molecule has 4 rings (SSSR count). The lowest BCUT2D eigenvalue weighted by molar-refractivity contribution is -0.274. The summed E-state index contributed by atoms with van der Waals surface area (Å²) in [7, 11) is 0. The Bertz CT molecular complexity index is 1140. The Labute approximate surface area is 192 Å². The minimum absolute atomic E-state index is 0.0133. The van der Waals surface area contributed by atoms with Crippen LogP contribution in [0, 0.1) is 0 Å². The van der Waals surface area contributed by atoms with Gasteiger partial charge in [0.25, 0.3) is 0 Å². The van der Waals surface area contributed by atoms with Crippen LogP contribution in [0.2, 0.25) is 0 Å². The summed E-state index contributed by atoms with van der Waals surface area (Å²) < 4.78 is 42.8. The maximum absolute atomic E-state index is 12.9. The van der Waals surface area contributed by atoms with Gasteiger partial charge in [0.05, 0.1) is 16.5 Å². The molecule has 172 valence electrons. The molecule has 0 aromatic heterocycles. The first-order valence-corrected chi connectivity index (χ1v) is 11.0. The van der Waals surface area contributed by atoms with E-state index < -0.39 is 18.6 Å². The highest BCUT2D eigenvalue weighted by molar-refractivity contribution is 8.00. The first-order valence-electron chi connectivity index (χ1n) is 10.1. The third-order valence-electron chi connectivity index (χ3n) is 5.28. The van der Waals surface area contributed by atoms with E-state index in [1.54, 1.807) is 23.1 Å². The first-order chi connectivity index (χ1) is 15.7. The summed E-state index contributed by atoms with van der Waals surface area (Å²) in [4.78, 5) is 13.7. The van der Waals surface area contributed by atoms with E-state index in [0.29, 0.717) is 17.7 Å². The van der Waals surface area contributed by atoms with E-state index in [1.165, 1.54) is 42.1 Å². The lowest BCUT2D eigenvalue weighted by Gasteiger charge is -2.40. The molecule has 0 saturated heterocycles. The van der Waals surface area contributed by atoms with Crippen LogP contribution in [0.15, 0.2) is 77.7 Å². The topological polar surface area (TPSA) is 70.0 Å². The number of para-hydroxylation sites is 2. The summed E-state index contributed by atoms with van der Waals surface area (Å²) >= 11 is 1.48. The number of fused-ring (bicyclic) bond motifs is 1. The van der Waals surface area contributed by atoms with Crippen molar-refractivity contribution in [2.45, 2.75) is 35.7 Å². The number of anilines is 1. The van der Waals surface area contributed by atoms with Crippen LogP contribution in [-0.4, -0.2) is 34.0 Å². The summed E-state index contributed by atoms with van der Waals surface area (Å²) in [5.41, 5.74) is 2.02. The lowest BCUT2D eigenvalue weighted by Crippen LogP contribution is -2.45. The number of aliphatic hydroxyl groups is 1. The van der Waals surface area contributed by atoms with Gasteiger partial charge in [0, 0.05) is 17.0 Å². The largest absolute Gasteiger partial charge is 0.573 e. The Balaban J connectivity index is 1.62. The number of carboxylic acid groups (broad SMARTS) is 1.